The molecule has 0 amide bonds. The fraction of sp³-hybridized carbons (Fsp3) is 1.00. The van der Waals surface area contributed by atoms with E-state index in [1.54, 1.807) is 0 Å². The van der Waals surface area contributed by atoms with Crippen molar-refractivity contribution in [2.45, 2.75) is 45.2 Å². The zero-order valence-corrected chi connectivity index (χ0v) is 10.7. The molecule has 0 radical (unpaired) electrons. The van der Waals surface area contributed by atoms with E-state index in [1.165, 1.54) is 32.4 Å². The molecule has 1 aliphatic heterocycles. The van der Waals surface area contributed by atoms with Gasteiger partial charge in [-0.15, -0.1) is 0 Å². The Bertz CT molecular complexity index is 208. The first-order chi connectivity index (χ1) is 7.67. The zero-order valence-electron chi connectivity index (χ0n) is 10.7. The third-order valence-electron chi connectivity index (χ3n) is 3.69. The summed E-state index contributed by atoms with van der Waals surface area (Å²) in [5, 5.41) is 12.9. The van der Waals surface area contributed by atoms with E-state index in [0.29, 0.717) is 6.04 Å². The summed E-state index contributed by atoms with van der Waals surface area (Å²) in [6.45, 7) is 8.37. The second-order valence-electron chi connectivity index (χ2n) is 5.99. The lowest BCUT2D eigenvalue weighted by molar-refractivity contribution is 0.111. The van der Waals surface area contributed by atoms with E-state index < -0.39 is 0 Å². The Balaban J connectivity index is 1.76. The number of aliphatic hydroxyl groups excluding tert-OH is 1. The Labute approximate surface area is 99.2 Å². The molecule has 3 heteroatoms. The van der Waals surface area contributed by atoms with Crippen LogP contribution in [0.4, 0.5) is 0 Å². The van der Waals surface area contributed by atoms with Gasteiger partial charge in [0, 0.05) is 31.7 Å². The van der Waals surface area contributed by atoms with Crippen LogP contribution in [-0.4, -0.2) is 48.3 Å². The van der Waals surface area contributed by atoms with Gasteiger partial charge in [-0.3, -0.25) is 0 Å². The molecule has 0 spiro atoms. The van der Waals surface area contributed by atoms with Crippen molar-refractivity contribution in [1.82, 2.24) is 10.2 Å². The van der Waals surface area contributed by atoms with Gasteiger partial charge < -0.3 is 15.3 Å². The first-order valence-electron chi connectivity index (χ1n) is 6.76. The van der Waals surface area contributed by atoms with Gasteiger partial charge in [-0.25, -0.2) is 0 Å². The van der Waals surface area contributed by atoms with Crippen molar-refractivity contribution < 1.29 is 5.11 Å². The van der Waals surface area contributed by atoms with Gasteiger partial charge in [0.15, 0.2) is 0 Å². The summed E-state index contributed by atoms with van der Waals surface area (Å²) in [6.07, 6.45) is 3.95. The van der Waals surface area contributed by atoms with Crippen molar-refractivity contribution in [2.24, 2.45) is 11.8 Å². The minimum Gasteiger partial charge on any atom is -0.395 e. The summed E-state index contributed by atoms with van der Waals surface area (Å²) in [5.41, 5.74) is 0. The van der Waals surface area contributed by atoms with E-state index in [4.69, 9.17) is 0 Å². The topological polar surface area (TPSA) is 35.5 Å². The molecule has 16 heavy (non-hydrogen) atoms. The van der Waals surface area contributed by atoms with Gasteiger partial charge in [0.05, 0.1) is 6.61 Å². The van der Waals surface area contributed by atoms with E-state index in [0.717, 1.165) is 18.4 Å². The normalized spacial score (nSPS) is 33.9. The molecule has 1 heterocycles. The van der Waals surface area contributed by atoms with Crippen molar-refractivity contribution in [3.63, 3.8) is 0 Å². The molecular formula is C13H26N2O. The summed E-state index contributed by atoms with van der Waals surface area (Å²) < 4.78 is 0. The van der Waals surface area contributed by atoms with Gasteiger partial charge in [0.1, 0.15) is 0 Å². The molecule has 2 fully saturated rings. The molecular weight excluding hydrogens is 200 g/mol. The van der Waals surface area contributed by atoms with Crippen LogP contribution in [-0.2, 0) is 0 Å². The summed E-state index contributed by atoms with van der Waals surface area (Å²) in [4.78, 5) is 2.52. The van der Waals surface area contributed by atoms with Crippen LogP contribution >= 0.6 is 0 Å². The number of nitrogens with zero attached hydrogens (tertiary/aromatic N) is 1. The van der Waals surface area contributed by atoms with E-state index in [9.17, 15) is 5.11 Å². The van der Waals surface area contributed by atoms with Crippen molar-refractivity contribution in [3.05, 3.63) is 0 Å². The molecule has 0 aromatic heterocycles. The molecule has 2 aliphatic rings. The minimum atomic E-state index is 0.274. The lowest BCUT2D eigenvalue weighted by Gasteiger charge is -2.36. The standard InChI is InChI=1S/C13H26N2O/c1-10-5-11(2)7-15(6-10)8-13(9-16)14-12-3-4-12/h10-14,16H,3-9H2,1-2H3. The molecule has 1 aliphatic carbocycles. The number of piperidine rings is 1. The fourth-order valence-electron chi connectivity index (χ4n) is 3.00. The maximum absolute atomic E-state index is 9.38. The monoisotopic (exact) mass is 226 g/mol. The maximum atomic E-state index is 9.38. The number of likely N-dealkylation sites (tertiary alicyclic amines) is 1. The van der Waals surface area contributed by atoms with Gasteiger partial charge in [0.2, 0.25) is 0 Å². The lowest BCUT2D eigenvalue weighted by Crippen LogP contribution is -2.48. The predicted octanol–water partition coefficient (Wildman–Crippen LogP) is 1.08. The first kappa shape index (κ1) is 12.3. The molecule has 0 aromatic carbocycles. The van der Waals surface area contributed by atoms with E-state index in [2.05, 4.69) is 24.1 Å². The smallest absolute Gasteiger partial charge is 0.0597 e. The number of hydrogen-bond donors (Lipinski definition) is 2. The van der Waals surface area contributed by atoms with Crippen LogP contribution < -0.4 is 5.32 Å². The summed E-state index contributed by atoms with van der Waals surface area (Å²) in [7, 11) is 0. The SMILES string of the molecule is CC1CC(C)CN(CC(CO)NC2CC2)C1. The second kappa shape index (κ2) is 5.48. The van der Waals surface area contributed by atoms with Crippen LogP contribution in [0.5, 0.6) is 0 Å². The number of hydrogen-bond acceptors (Lipinski definition) is 3. The Morgan fingerprint density at radius 1 is 1.25 bits per heavy atom. The Kier molecular flexibility index (Phi) is 4.22. The molecule has 0 aromatic rings. The molecule has 2 N–H and O–H groups in total. The second-order valence-corrected chi connectivity index (χ2v) is 5.99. The van der Waals surface area contributed by atoms with Crippen LogP contribution in [0.1, 0.15) is 33.1 Å². The Morgan fingerprint density at radius 2 is 1.88 bits per heavy atom. The molecule has 0 bridgehead atoms. The Hall–Kier alpha value is -0.120. The maximum Gasteiger partial charge on any atom is 0.0597 e. The predicted molar refractivity (Wildman–Crippen MR) is 66.4 cm³/mol. The highest BCUT2D eigenvalue weighted by Crippen LogP contribution is 2.22. The van der Waals surface area contributed by atoms with Crippen molar-refractivity contribution in [2.75, 3.05) is 26.2 Å². The van der Waals surface area contributed by atoms with Crippen LogP contribution in [0.3, 0.4) is 0 Å². The van der Waals surface area contributed by atoms with Gasteiger partial charge in [-0.05, 0) is 31.1 Å². The largest absolute Gasteiger partial charge is 0.395 e. The van der Waals surface area contributed by atoms with Crippen LogP contribution in [0.15, 0.2) is 0 Å². The molecule has 3 atom stereocenters. The Morgan fingerprint density at radius 3 is 2.38 bits per heavy atom. The molecule has 3 nitrogen and oxygen atoms in total. The van der Waals surface area contributed by atoms with E-state index in [-0.39, 0.29) is 12.6 Å². The van der Waals surface area contributed by atoms with Crippen molar-refractivity contribution in [3.8, 4) is 0 Å². The highest BCUT2D eigenvalue weighted by Gasteiger charge is 2.27. The van der Waals surface area contributed by atoms with Crippen molar-refractivity contribution in [1.29, 1.82) is 0 Å². The molecule has 94 valence electrons. The zero-order chi connectivity index (χ0) is 11.5. The molecule has 2 rings (SSSR count). The van der Waals surface area contributed by atoms with Crippen LogP contribution in [0, 0.1) is 11.8 Å². The number of aliphatic hydroxyl groups is 1. The van der Waals surface area contributed by atoms with E-state index in [1.807, 2.05) is 0 Å². The van der Waals surface area contributed by atoms with E-state index >= 15 is 0 Å². The van der Waals surface area contributed by atoms with Gasteiger partial charge in [-0.2, -0.15) is 0 Å². The summed E-state index contributed by atoms with van der Waals surface area (Å²) in [5.74, 6) is 1.62. The van der Waals surface area contributed by atoms with Crippen LogP contribution in [0.25, 0.3) is 0 Å². The number of rotatable bonds is 5. The first-order valence-corrected chi connectivity index (χ1v) is 6.76. The third-order valence-corrected chi connectivity index (χ3v) is 3.69. The lowest BCUT2D eigenvalue weighted by atomic mass is 9.91. The molecule has 3 unspecified atom stereocenters. The average Bonchev–Trinajstić information content (AvgIpc) is 2.99. The van der Waals surface area contributed by atoms with Gasteiger partial charge in [0.25, 0.3) is 0 Å². The van der Waals surface area contributed by atoms with Crippen LogP contribution in [0.2, 0.25) is 0 Å². The fourth-order valence-corrected chi connectivity index (χ4v) is 3.00. The number of nitrogens with one attached hydrogen (secondary N) is 1. The summed E-state index contributed by atoms with van der Waals surface area (Å²) >= 11 is 0. The van der Waals surface area contributed by atoms with Gasteiger partial charge >= 0.3 is 0 Å². The molecule has 1 saturated carbocycles. The minimum absolute atomic E-state index is 0.274. The molecule has 1 saturated heterocycles. The highest BCUT2D eigenvalue weighted by molar-refractivity contribution is 4.87. The third kappa shape index (κ3) is 3.72. The quantitative estimate of drug-likeness (QED) is 0.736. The average molecular weight is 226 g/mol. The van der Waals surface area contributed by atoms with Gasteiger partial charge in [-0.1, -0.05) is 13.8 Å². The summed E-state index contributed by atoms with van der Waals surface area (Å²) in [6, 6.07) is 0.974. The van der Waals surface area contributed by atoms with Crippen molar-refractivity contribution >= 4 is 0 Å². The highest BCUT2D eigenvalue weighted by atomic mass is 16.3.